The van der Waals surface area contributed by atoms with E-state index in [0.717, 1.165) is 66.3 Å². The van der Waals surface area contributed by atoms with Gasteiger partial charge in [0, 0.05) is 18.0 Å². The first-order valence-corrected chi connectivity index (χ1v) is 12.1. The van der Waals surface area contributed by atoms with E-state index in [2.05, 4.69) is 45.2 Å². The minimum Gasteiger partial charge on any atom is -0.493 e. The molecule has 33 heavy (non-hydrogen) atoms. The minimum absolute atomic E-state index is 0.539. The van der Waals surface area contributed by atoms with Crippen molar-refractivity contribution >= 4 is 21.6 Å². The van der Waals surface area contributed by atoms with E-state index in [1.165, 1.54) is 5.56 Å². The quantitative estimate of drug-likeness (QED) is 0.349. The summed E-state index contributed by atoms with van der Waals surface area (Å²) in [6, 6.07) is 18.5. The predicted molar refractivity (Wildman–Crippen MR) is 131 cm³/mol. The molecule has 1 fully saturated rings. The van der Waals surface area contributed by atoms with Gasteiger partial charge in [-0.15, -0.1) is 11.3 Å². The molecule has 0 radical (unpaired) electrons. The van der Waals surface area contributed by atoms with Crippen LogP contribution < -0.4 is 9.47 Å². The fraction of sp³-hybridized carbons (Fsp3) is 0.308. The maximum Gasteiger partial charge on any atom is 0.231 e. The van der Waals surface area contributed by atoms with Gasteiger partial charge in [0.25, 0.3) is 0 Å². The van der Waals surface area contributed by atoms with E-state index < -0.39 is 0 Å². The van der Waals surface area contributed by atoms with Crippen molar-refractivity contribution in [2.45, 2.75) is 12.8 Å². The van der Waals surface area contributed by atoms with Gasteiger partial charge < -0.3 is 14.2 Å². The van der Waals surface area contributed by atoms with Gasteiger partial charge in [-0.2, -0.15) is 0 Å². The lowest BCUT2D eigenvalue weighted by molar-refractivity contribution is 0.0374. The zero-order valence-corrected chi connectivity index (χ0v) is 19.5. The van der Waals surface area contributed by atoms with Crippen molar-refractivity contribution in [3.8, 4) is 27.8 Å². The second-order valence-electron chi connectivity index (χ2n) is 8.02. The molecule has 4 aromatic rings. The van der Waals surface area contributed by atoms with E-state index in [1.54, 1.807) is 24.8 Å². The molecular formula is C26H27N3O3S. The van der Waals surface area contributed by atoms with E-state index in [4.69, 9.17) is 14.2 Å². The molecule has 6 nitrogen and oxygen atoms in total. The fourth-order valence-corrected chi connectivity index (χ4v) is 5.04. The topological polar surface area (TPSA) is 56.7 Å². The Bertz CT molecular complexity index is 1210. The molecule has 1 saturated heterocycles. The van der Waals surface area contributed by atoms with E-state index in [0.29, 0.717) is 17.4 Å². The molecule has 3 heterocycles. The summed E-state index contributed by atoms with van der Waals surface area (Å²) < 4.78 is 17.3. The van der Waals surface area contributed by atoms with Crippen molar-refractivity contribution in [3.05, 3.63) is 66.5 Å². The van der Waals surface area contributed by atoms with E-state index >= 15 is 0 Å². The summed E-state index contributed by atoms with van der Waals surface area (Å²) in [5.74, 6) is 1.91. The second kappa shape index (κ2) is 10.3. The number of hydrogen-bond acceptors (Lipinski definition) is 7. The third kappa shape index (κ3) is 5.16. The molecule has 2 aromatic heterocycles. The van der Waals surface area contributed by atoms with Crippen LogP contribution in [0.4, 0.5) is 0 Å². The number of hydrogen-bond donors (Lipinski definition) is 0. The number of nitrogens with zero attached hydrogens (tertiary/aromatic N) is 3. The zero-order chi connectivity index (χ0) is 22.5. The largest absolute Gasteiger partial charge is 0.493 e. The average Bonchev–Trinajstić information content (AvgIpc) is 3.32. The van der Waals surface area contributed by atoms with Crippen molar-refractivity contribution in [1.29, 1.82) is 0 Å². The molecule has 0 bridgehead atoms. The first kappa shape index (κ1) is 21.8. The lowest BCUT2D eigenvalue weighted by Crippen LogP contribution is -2.36. The number of aromatic nitrogens is 2. The van der Waals surface area contributed by atoms with Crippen LogP contribution in [0.25, 0.3) is 20.7 Å². The maximum atomic E-state index is 6.23. The van der Waals surface area contributed by atoms with Gasteiger partial charge in [-0.05, 0) is 48.7 Å². The molecule has 1 aliphatic heterocycles. The van der Waals surface area contributed by atoms with Crippen LogP contribution in [0.15, 0.2) is 60.9 Å². The van der Waals surface area contributed by atoms with E-state index in [-0.39, 0.29) is 0 Å². The van der Waals surface area contributed by atoms with Gasteiger partial charge in [0.2, 0.25) is 5.88 Å². The second-order valence-corrected chi connectivity index (χ2v) is 9.05. The van der Waals surface area contributed by atoms with E-state index in [9.17, 15) is 0 Å². The number of ether oxygens (including phenoxy) is 3. The smallest absolute Gasteiger partial charge is 0.231 e. The van der Waals surface area contributed by atoms with Crippen molar-refractivity contribution in [2.75, 3.05) is 40.0 Å². The van der Waals surface area contributed by atoms with Gasteiger partial charge in [0.15, 0.2) is 11.5 Å². The summed E-state index contributed by atoms with van der Waals surface area (Å²) in [5, 5.41) is 0.901. The molecular weight excluding hydrogens is 434 g/mol. The summed E-state index contributed by atoms with van der Waals surface area (Å²) in [7, 11) is 1.67. The Kier molecular flexibility index (Phi) is 6.81. The summed E-state index contributed by atoms with van der Waals surface area (Å²) in [5.41, 5.74) is 2.40. The lowest BCUT2D eigenvalue weighted by atomic mass is 10.1. The number of thiophene rings is 1. The van der Waals surface area contributed by atoms with Crippen LogP contribution in [0.1, 0.15) is 12.0 Å². The molecule has 0 unspecified atom stereocenters. The molecule has 0 atom stereocenters. The Balaban J connectivity index is 1.31. The summed E-state index contributed by atoms with van der Waals surface area (Å²) >= 11 is 1.63. The van der Waals surface area contributed by atoms with Gasteiger partial charge in [0.1, 0.15) is 11.2 Å². The van der Waals surface area contributed by atoms with Crippen LogP contribution in [0.5, 0.6) is 17.4 Å². The monoisotopic (exact) mass is 461 g/mol. The number of methoxy groups -OCH3 is 1. The van der Waals surface area contributed by atoms with Crippen molar-refractivity contribution in [3.63, 3.8) is 0 Å². The Hall–Kier alpha value is -3.00. The standard InChI is InChI=1S/C26H27N3O3S/c1-30-23-16-19(6-5-11-29-12-14-31-15-13-29)9-10-22(23)32-25-21-17-24(20-7-3-2-4-8-20)33-26(21)28-18-27-25/h2-4,7-10,16-18H,5-6,11-15H2,1H3. The first-order valence-electron chi connectivity index (χ1n) is 11.2. The molecule has 1 aliphatic rings. The molecule has 7 heteroatoms. The van der Waals surface area contributed by atoms with Crippen molar-refractivity contribution < 1.29 is 14.2 Å². The summed E-state index contributed by atoms with van der Waals surface area (Å²) in [6.45, 7) is 4.82. The highest BCUT2D eigenvalue weighted by molar-refractivity contribution is 7.21. The third-order valence-corrected chi connectivity index (χ3v) is 6.92. The molecule has 0 spiro atoms. The van der Waals surface area contributed by atoms with Crippen LogP contribution in [0.2, 0.25) is 0 Å². The Morgan fingerprint density at radius 2 is 1.85 bits per heavy atom. The van der Waals surface area contributed by atoms with Crippen LogP contribution in [0.3, 0.4) is 0 Å². The normalized spacial score (nSPS) is 14.5. The highest BCUT2D eigenvalue weighted by Crippen LogP contribution is 2.39. The van der Waals surface area contributed by atoms with Gasteiger partial charge in [-0.25, -0.2) is 9.97 Å². The summed E-state index contributed by atoms with van der Waals surface area (Å²) in [6.07, 6.45) is 3.65. The van der Waals surface area contributed by atoms with Crippen molar-refractivity contribution in [1.82, 2.24) is 14.9 Å². The Labute approximate surface area is 197 Å². The van der Waals surface area contributed by atoms with Crippen LogP contribution in [-0.4, -0.2) is 54.8 Å². The Morgan fingerprint density at radius 3 is 2.67 bits per heavy atom. The Morgan fingerprint density at radius 1 is 1.00 bits per heavy atom. The summed E-state index contributed by atoms with van der Waals surface area (Å²) in [4.78, 5) is 13.4. The molecule has 170 valence electrons. The average molecular weight is 462 g/mol. The zero-order valence-electron chi connectivity index (χ0n) is 18.7. The molecule has 2 aromatic carbocycles. The number of fused-ring (bicyclic) bond motifs is 1. The van der Waals surface area contributed by atoms with Gasteiger partial charge in [-0.3, -0.25) is 4.90 Å². The molecule has 0 amide bonds. The number of morpholine rings is 1. The SMILES string of the molecule is COc1cc(CCCN2CCOCC2)ccc1Oc1ncnc2sc(-c3ccccc3)cc12. The number of rotatable bonds is 8. The highest BCUT2D eigenvalue weighted by atomic mass is 32.1. The van der Waals surface area contributed by atoms with Crippen LogP contribution >= 0.6 is 11.3 Å². The molecule has 0 N–H and O–H groups in total. The third-order valence-electron chi connectivity index (χ3n) is 5.83. The fourth-order valence-electron chi connectivity index (χ4n) is 4.05. The van der Waals surface area contributed by atoms with Gasteiger partial charge in [-0.1, -0.05) is 36.4 Å². The first-order chi connectivity index (χ1) is 16.3. The molecule has 0 aliphatic carbocycles. The number of aryl methyl sites for hydroxylation is 1. The van der Waals surface area contributed by atoms with Gasteiger partial charge in [0.05, 0.1) is 25.7 Å². The molecule has 5 rings (SSSR count). The lowest BCUT2D eigenvalue weighted by Gasteiger charge is -2.26. The van der Waals surface area contributed by atoms with Crippen molar-refractivity contribution in [2.24, 2.45) is 0 Å². The van der Waals surface area contributed by atoms with Gasteiger partial charge >= 0.3 is 0 Å². The van der Waals surface area contributed by atoms with Crippen LogP contribution in [-0.2, 0) is 11.2 Å². The molecule has 0 saturated carbocycles. The van der Waals surface area contributed by atoms with Crippen LogP contribution in [0, 0.1) is 0 Å². The van der Waals surface area contributed by atoms with E-state index in [1.807, 2.05) is 24.3 Å². The maximum absolute atomic E-state index is 6.23. The minimum atomic E-state index is 0.539. The highest BCUT2D eigenvalue weighted by Gasteiger charge is 2.15. The number of benzene rings is 2. The predicted octanol–water partition coefficient (Wildman–Crippen LogP) is 5.42.